The zero-order valence-corrected chi connectivity index (χ0v) is 25.4. The van der Waals surface area contributed by atoms with Crippen molar-refractivity contribution in [3.8, 4) is 11.5 Å². The maximum atomic E-state index is 13.0. The van der Waals surface area contributed by atoms with Crippen LogP contribution in [0.5, 0.6) is 11.5 Å². The van der Waals surface area contributed by atoms with Crippen molar-refractivity contribution in [2.24, 2.45) is 5.73 Å². The first-order chi connectivity index (χ1) is 22.1. The van der Waals surface area contributed by atoms with Crippen molar-refractivity contribution < 1.29 is 43.3 Å². The van der Waals surface area contributed by atoms with E-state index in [2.05, 4.69) is 21.3 Å². The highest BCUT2D eigenvalue weighted by Gasteiger charge is 2.28. The van der Waals surface area contributed by atoms with Gasteiger partial charge >= 0.3 is 6.09 Å². The zero-order chi connectivity index (χ0) is 33.5. The highest BCUT2D eigenvalue weighted by molar-refractivity contribution is 5.95. The Morgan fingerprint density at radius 1 is 0.739 bits per heavy atom. The first kappa shape index (κ1) is 34.9. The molecule has 0 spiro atoms. The number of alkyl carbamates (subject to hydrolysis) is 1. The predicted octanol–water partition coefficient (Wildman–Crippen LogP) is 0.673. The number of benzene rings is 3. The van der Waals surface area contributed by atoms with E-state index in [-0.39, 0.29) is 6.61 Å². The lowest BCUT2D eigenvalue weighted by atomic mass is 9.98. The lowest BCUT2D eigenvalue weighted by Gasteiger charge is -2.22. The number of nitrogens with one attached hydrogen (secondary N) is 4. The summed E-state index contributed by atoms with van der Waals surface area (Å²) in [7, 11) is 3.08. The topological polar surface area (TPSA) is 207 Å². The number of carbonyl (C=O) groups is 5. The van der Waals surface area contributed by atoms with Gasteiger partial charge in [-0.25, -0.2) is 4.79 Å². The summed E-state index contributed by atoms with van der Waals surface area (Å²) in [6.45, 7) is -1.43. The van der Waals surface area contributed by atoms with Crippen molar-refractivity contribution >= 4 is 29.7 Å². The van der Waals surface area contributed by atoms with Crippen molar-refractivity contribution in [2.75, 3.05) is 27.4 Å². The minimum atomic E-state index is -1.51. The number of primary amides is 1. The van der Waals surface area contributed by atoms with Gasteiger partial charge in [0, 0.05) is 0 Å². The third kappa shape index (κ3) is 10.8. The van der Waals surface area contributed by atoms with Crippen LogP contribution in [-0.2, 0) is 30.5 Å². The fourth-order valence-corrected chi connectivity index (χ4v) is 4.24. The molecule has 0 aromatic heterocycles. The van der Waals surface area contributed by atoms with Crippen LogP contribution in [0.4, 0.5) is 4.79 Å². The molecule has 0 saturated heterocycles. The largest absolute Gasteiger partial charge is 0.497 e. The molecule has 0 aliphatic rings. The van der Waals surface area contributed by atoms with Crippen LogP contribution < -0.4 is 36.5 Å². The van der Waals surface area contributed by atoms with Crippen LogP contribution in [0, 0.1) is 0 Å². The van der Waals surface area contributed by atoms with E-state index in [9.17, 15) is 29.1 Å². The second kappa shape index (κ2) is 17.6. The van der Waals surface area contributed by atoms with Crippen LogP contribution in [-0.4, -0.2) is 74.3 Å². The van der Waals surface area contributed by atoms with E-state index < -0.39 is 67.4 Å². The SMILES string of the molecule is COc1ccc(C(NC(=O)CNC(=O)[C@H](CC(N)=O)NC(=O)[C@H](CO)NC(=O)OCc2ccccc2)c2ccc(OC)cc2)cc1. The normalized spacial score (nSPS) is 11.8. The molecule has 0 aliphatic carbocycles. The Balaban J connectivity index is 1.62. The molecule has 5 amide bonds. The molecule has 0 aliphatic heterocycles. The summed E-state index contributed by atoms with van der Waals surface area (Å²) in [6.07, 6.45) is -1.61. The first-order valence-corrected chi connectivity index (χ1v) is 14.1. The number of hydrogen-bond donors (Lipinski definition) is 6. The van der Waals surface area contributed by atoms with Gasteiger partial charge in [0.25, 0.3) is 0 Å². The maximum absolute atomic E-state index is 13.0. The first-order valence-electron chi connectivity index (χ1n) is 14.1. The highest BCUT2D eigenvalue weighted by Crippen LogP contribution is 2.26. The molecule has 14 nitrogen and oxygen atoms in total. The lowest BCUT2D eigenvalue weighted by Crippen LogP contribution is -2.56. The number of amides is 5. The molecule has 0 fully saturated rings. The molecule has 244 valence electrons. The van der Waals surface area contributed by atoms with E-state index in [1.807, 2.05) is 0 Å². The summed E-state index contributed by atoms with van der Waals surface area (Å²) in [5.41, 5.74) is 7.44. The van der Waals surface area contributed by atoms with Crippen LogP contribution in [0.1, 0.15) is 29.2 Å². The second-order valence-electron chi connectivity index (χ2n) is 9.94. The molecule has 3 rings (SSSR count). The van der Waals surface area contributed by atoms with Crippen molar-refractivity contribution in [2.45, 2.75) is 31.2 Å². The minimum absolute atomic E-state index is 0.0843. The van der Waals surface area contributed by atoms with Gasteiger partial charge < -0.3 is 46.3 Å². The molecule has 0 radical (unpaired) electrons. The monoisotopic (exact) mass is 635 g/mol. The number of aliphatic hydroxyl groups excluding tert-OH is 1. The van der Waals surface area contributed by atoms with Crippen molar-refractivity contribution in [3.05, 3.63) is 95.6 Å². The molecule has 0 heterocycles. The number of rotatable bonds is 16. The summed E-state index contributed by atoms with van der Waals surface area (Å²) in [6, 6.07) is 19.3. The minimum Gasteiger partial charge on any atom is -0.497 e. The second-order valence-corrected chi connectivity index (χ2v) is 9.94. The van der Waals surface area contributed by atoms with E-state index in [4.69, 9.17) is 19.9 Å². The van der Waals surface area contributed by atoms with E-state index >= 15 is 0 Å². The van der Waals surface area contributed by atoms with Crippen LogP contribution in [0.25, 0.3) is 0 Å². The summed E-state index contributed by atoms with van der Waals surface area (Å²) in [5.74, 6) is -2.12. The van der Waals surface area contributed by atoms with Gasteiger partial charge in [-0.1, -0.05) is 54.6 Å². The quantitative estimate of drug-likeness (QED) is 0.131. The number of nitrogens with two attached hydrogens (primary N) is 1. The van der Waals surface area contributed by atoms with Gasteiger partial charge in [-0.05, 0) is 41.0 Å². The average Bonchev–Trinajstić information content (AvgIpc) is 3.07. The molecule has 3 aromatic rings. The zero-order valence-electron chi connectivity index (χ0n) is 25.4. The van der Waals surface area contributed by atoms with E-state index in [1.54, 1.807) is 78.9 Å². The fraction of sp³-hybridized carbons (Fsp3) is 0.281. The third-order valence-electron chi connectivity index (χ3n) is 6.67. The Morgan fingerprint density at radius 2 is 1.30 bits per heavy atom. The molecule has 46 heavy (non-hydrogen) atoms. The number of aliphatic hydroxyl groups is 1. The predicted molar refractivity (Wildman–Crippen MR) is 165 cm³/mol. The van der Waals surface area contributed by atoms with Gasteiger partial charge in [0.2, 0.25) is 23.6 Å². The van der Waals surface area contributed by atoms with Crippen molar-refractivity contribution in [1.29, 1.82) is 0 Å². The van der Waals surface area contributed by atoms with Crippen LogP contribution in [0.3, 0.4) is 0 Å². The summed E-state index contributed by atoms with van der Waals surface area (Å²) in [4.78, 5) is 62.6. The lowest BCUT2D eigenvalue weighted by molar-refractivity contribution is -0.133. The Morgan fingerprint density at radius 3 is 1.80 bits per heavy atom. The van der Waals surface area contributed by atoms with Crippen LogP contribution in [0.2, 0.25) is 0 Å². The van der Waals surface area contributed by atoms with E-state index in [1.165, 1.54) is 14.2 Å². The Hall–Kier alpha value is -5.63. The molecule has 0 bridgehead atoms. The molecule has 0 saturated carbocycles. The number of hydrogen-bond acceptors (Lipinski definition) is 9. The summed E-state index contributed by atoms with van der Waals surface area (Å²) in [5, 5.41) is 19.4. The fourth-order valence-electron chi connectivity index (χ4n) is 4.24. The van der Waals surface area contributed by atoms with Gasteiger partial charge in [-0.15, -0.1) is 0 Å². The average molecular weight is 636 g/mol. The van der Waals surface area contributed by atoms with E-state index in [0.717, 1.165) is 11.1 Å². The smallest absolute Gasteiger partial charge is 0.408 e. The molecular formula is C32H37N5O9. The molecule has 14 heteroatoms. The van der Waals surface area contributed by atoms with Gasteiger partial charge in [0.1, 0.15) is 30.2 Å². The summed E-state index contributed by atoms with van der Waals surface area (Å²) < 4.78 is 15.5. The Kier molecular flexibility index (Phi) is 13.3. The van der Waals surface area contributed by atoms with Gasteiger partial charge in [0.05, 0.1) is 39.8 Å². The van der Waals surface area contributed by atoms with Gasteiger partial charge in [-0.2, -0.15) is 0 Å². The molecule has 7 N–H and O–H groups in total. The third-order valence-corrected chi connectivity index (χ3v) is 6.67. The van der Waals surface area contributed by atoms with Crippen LogP contribution >= 0.6 is 0 Å². The summed E-state index contributed by atoms with van der Waals surface area (Å²) >= 11 is 0. The molecular weight excluding hydrogens is 598 g/mol. The molecule has 3 aromatic carbocycles. The van der Waals surface area contributed by atoms with E-state index in [0.29, 0.717) is 17.1 Å². The number of carbonyl (C=O) groups excluding carboxylic acids is 5. The van der Waals surface area contributed by atoms with Crippen molar-refractivity contribution in [3.63, 3.8) is 0 Å². The molecule has 2 atom stereocenters. The van der Waals surface area contributed by atoms with Crippen LogP contribution in [0.15, 0.2) is 78.9 Å². The van der Waals surface area contributed by atoms with Crippen molar-refractivity contribution in [1.82, 2.24) is 21.3 Å². The number of ether oxygens (including phenoxy) is 3. The molecule has 0 unspecified atom stereocenters. The number of methoxy groups -OCH3 is 2. The standard InChI is InChI=1S/C32H37N5O9/c1-44-23-12-8-21(9-13-23)29(22-10-14-24(45-2)15-11-22)37-28(40)17-34-30(41)25(16-27(33)39)35-31(42)26(18-38)36-32(43)46-19-20-6-4-3-5-7-20/h3-15,25-26,29,38H,16-19H2,1-2H3,(H2,33,39)(H,34,41)(H,35,42)(H,36,43)(H,37,40)/t25-,26-/m0/s1. The van der Waals surface area contributed by atoms with Gasteiger partial charge in [0.15, 0.2) is 0 Å². The Bertz CT molecular complexity index is 1420. The maximum Gasteiger partial charge on any atom is 0.408 e. The Labute approximate surface area is 265 Å². The highest BCUT2D eigenvalue weighted by atomic mass is 16.5. The van der Waals surface area contributed by atoms with Gasteiger partial charge in [-0.3, -0.25) is 19.2 Å².